The van der Waals surface area contributed by atoms with Crippen LogP contribution in [0.3, 0.4) is 0 Å². The molecule has 1 aliphatic rings. The molecule has 0 N–H and O–H groups in total. The summed E-state index contributed by atoms with van der Waals surface area (Å²) in [4.78, 5) is 60.8. The van der Waals surface area contributed by atoms with Crippen LogP contribution in [0, 0.1) is 12.0 Å². The number of carbonyl (C=O) groups excluding carboxylic acids is 4. The van der Waals surface area contributed by atoms with Crippen LogP contribution in [-0.2, 0) is 42.9 Å². The molecule has 14 nitrogen and oxygen atoms in total. The molecule has 5 atom stereocenters. The van der Waals surface area contributed by atoms with Crippen LogP contribution in [0.5, 0.6) is 17.2 Å². The molecule has 1 aromatic carbocycles. The minimum atomic E-state index is -1.64. The highest BCUT2D eigenvalue weighted by molar-refractivity contribution is 5.86. The number of rotatable bonds is 10. The SMILES string of the molecule is CC#COc1c(O[C@H]2O[C@H](COC(C)=O)[C@@H](OC(C)=O)[C@H](OC(C)=O)[C@@H]2OC(C)=O)c2ccc(OCC)cc2oc1=O. The molecule has 0 saturated carbocycles. The van der Waals surface area contributed by atoms with Gasteiger partial charge in [-0.2, -0.15) is 0 Å². The monoisotopic (exact) mass is 590 g/mol. The summed E-state index contributed by atoms with van der Waals surface area (Å²) < 4.78 is 49.6. The van der Waals surface area contributed by atoms with Gasteiger partial charge >= 0.3 is 29.5 Å². The van der Waals surface area contributed by atoms with Crippen LogP contribution in [0.4, 0.5) is 0 Å². The molecule has 0 amide bonds. The number of esters is 4. The van der Waals surface area contributed by atoms with Gasteiger partial charge in [0.15, 0.2) is 18.0 Å². The molecule has 0 unspecified atom stereocenters. The zero-order valence-electron chi connectivity index (χ0n) is 23.7. The van der Waals surface area contributed by atoms with Gasteiger partial charge in [-0.05, 0) is 19.1 Å². The molecule has 1 fully saturated rings. The van der Waals surface area contributed by atoms with Gasteiger partial charge in [0, 0.05) is 40.7 Å². The molecular formula is C28H30O14. The van der Waals surface area contributed by atoms with E-state index in [2.05, 4.69) is 12.0 Å². The Balaban J connectivity index is 2.21. The van der Waals surface area contributed by atoms with Crippen molar-refractivity contribution in [1.82, 2.24) is 0 Å². The van der Waals surface area contributed by atoms with E-state index in [1.54, 1.807) is 13.0 Å². The van der Waals surface area contributed by atoms with Crippen molar-refractivity contribution in [2.24, 2.45) is 0 Å². The Morgan fingerprint density at radius 2 is 1.52 bits per heavy atom. The number of ether oxygens (including phenoxy) is 8. The Kier molecular flexibility index (Phi) is 10.8. The van der Waals surface area contributed by atoms with Gasteiger partial charge in [-0.25, -0.2) is 4.79 Å². The third-order valence-electron chi connectivity index (χ3n) is 5.54. The van der Waals surface area contributed by atoms with E-state index >= 15 is 0 Å². The molecule has 2 aromatic rings. The Labute approximate surface area is 240 Å². The molecule has 42 heavy (non-hydrogen) atoms. The first kappa shape index (κ1) is 31.8. The highest BCUT2D eigenvalue weighted by atomic mass is 16.7. The molecule has 0 radical (unpaired) electrons. The van der Waals surface area contributed by atoms with E-state index < -0.39 is 72.6 Å². The van der Waals surface area contributed by atoms with Crippen LogP contribution in [0.25, 0.3) is 11.0 Å². The number of hydrogen-bond acceptors (Lipinski definition) is 14. The number of hydrogen-bond donors (Lipinski definition) is 0. The van der Waals surface area contributed by atoms with E-state index in [1.165, 1.54) is 19.1 Å². The van der Waals surface area contributed by atoms with Crippen LogP contribution < -0.4 is 19.8 Å². The zero-order chi connectivity index (χ0) is 31.0. The van der Waals surface area contributed by atoms with E-state index in [0.717, 1.165) is 27.7 Å². The second kappa shape index (κ2) is 14.2. The second-order valence-corrected chi connectivity index (χ2v) is 8.78. The van der Waals surface area contributed by atoms with Gasteiger partial charge in [-0.3, -0.25) is 19.2 Å². The molecule has 1 saturated heterocycles. The van der Waals surface area contributed by atoms with E-state index in [9.17, 15) is 24.0 Å². The van der Waals surface area contributed by atoms with Crippen molar-refractivity contribution < 1.29 is 61.5 Å². The van der Waals surface area contributed by atoms with Crippen molar-refractivity contribution in [3.8, 4) is 29.3 Å². The van der Waals surface area contributed by atoms with E-state index in [4.69, 9.17) is 42.3 Å². The van der Waals surface area contributed by atoms with Crippen LogP contribution in [0.1, 0.15) is 41.5 Å². The van der Waals surface area contributed by atoms with E-state index in [-0.39, 0.29) is 16.7 Å². The summed E-state index contributed by atoms with van der Waals surface area (Å²) in [7, 11) is 0. The molecule has 0 spiro atoms. The minimum absolute atomic E-state index is 0.0448. The molecule has 14 heteroatoms. The summed E-state index contributed by atoms with van der Waals surface area (Å²) >= 11 is 0. The fourth-order valence-corrected chi connectivity index (χ4v) is 4.10. The Hall–Kier alpha value is -4.77. The Morgan fingerprint density at radius 1 is 0.881 bits per heavy atom. The summed E-state index contributed by atoms with van der Waals surface area (Å²) in [5.74, 6) is -0.940. The third kappa shape index (κ3) is 7.91. The fourth-order valence-electron chi connectivity index (χ4n) is 4.10. The maximum atomic E-state index is 13.0. The lowest BCUT2D eigenvalue weighted by Gasteiger charge is -2.43. The van der Waals surface area contributed by atoms with E-state index in [0.29, 0.717) is 12.4 Å². The normalized spacial score (nSPS) is 21.2. The predicted molar refractivity (Wildman–Crippen MR) is 140 cm³/mol. The molecular weight excluding hydrogens is 560 g/mol. The number of carbonyl (C=O) groups is 4. The van der Waals surface area contributed by atoms with Gasteiger partial charge in [-0.15, -0.1) is 0 Å². The first-order chi connectivity index (χ1) is 19.9. The molecule has 1 aromatic heterocycles. The second-order valence-electron chi connectivity index (χ2n) is 8.78. The quantitative estimate of drug-likeness (QED) is 0.170. The van der Waals surface area contributed by atoms with Crippen LogP contribution >= 0.6 is 0 Å². The van der Waals surface area contributed by atoms with Gasteiger partial charge in [0.05, 0.1) is 12.0 Å². The predicted octanol–water partition coefficient (Wildman–Crippen LogP) is 2.01. The Bertz CT molecular complexity index is 1450. The average molecular weight is 591 g/mol. The first-order valence-electron chi connectivity index (χ1n) is 12.7. The summed E-state index contributed by atoms with van der Waals surface area (Å²) in [6.07, 6.45) is -5.07. The smallest absolute Gasteiger partial charge is 0.384 e. The maximum Gasteiger partial charge on any atom is 0.384 e. The van der Waals surface area contributed by atoms with Crippen molar-refractivity contribution in [2.75, 3.05) is 13.2 Å². The topological polar surface area (TPSA) is 172 Å². The average Bonchev–Trinajstić information content (AvgIpc) is 2.89. The molecule has 0 bridgehead atoms. The largest absolute Gasteiger partial charge is 0.494 e. The van der Waals surface area contributed by atoms with Crippen molar-refractivity contribution >= 4 is 34.8 Å². The van der Waals surface area contributed by atoms with Crippen molar-refractivity contribution in [3.05, 3.63) is 28.6 Å². The molecule has 226 valence electrons. The molecule has 2 heterocycles. The van der Waals surface area contributed by atoms with Crippen molar-refractivity contribution in [3.63, 3.8) is 0 Å². The summed E-state index contributed by atoms with van der Waals surface area (Å²) in [5, 5.41) is 0.207. The summed E-state index contributed by atoms with van der Waals surface area (Å²) in [6, 6.07) is 4.56. The lowest BCUT2D eigenvalue weighted by molar-refractivity contribution is -0.288. The van der Waals surface area contributed by atoms with Crippen LogP contribution in [0.2, 0.25) is 0 Å². The van der Waals surface area contributed by atoms with Gasteiger partial charge in [-0.1, -0.05) is 5.92 Å². The molecule has 3 rings (SSSR count). The third-order valence-corrected chi connectivity index (χ3v) is 5.54. The molecule has 0 aliphatic carbocycles. The van der Waals surface area contributed by atoms with Crippen molar-refractivity contribution in [2.45, 2.75) is 72.2 Å². The van der Waals surface area contributed by atoms with Crippen molar-refractivity contribution in [1.29, 1.82) is 0 Å². The van der Waals surface area contributed by atoms with E-state index in [1.807, 2.05) is 0 Å². The van der Waals surface area contributed by atoms with Gasteiger partial charge in [0.25, 0.3) is 5.75 Å². The number of fused-ring (bicyclic) bond motifs is 1. The first-order valence-corrected chi connectivity index (χ1v) is 12.7. The highest BCUT2D eigenvalue weighted by Crippen LogP contribution is 2.38. The standard InChI is InChI=1S/C28H30O14/c1-7-11-35-25-22(19-10-9-18(34-8-2)12-20(19)40-27(25)33)42-28-26(39-17(6)32)24(38-16(5)31)23(37-15(4)30)21(41-28)13-36-14(3)29/h9-10,12,21,23-24,26,28H,8,13H2,1-6H3/t21-,23-,24+,26+,28-/m1/s1. The van der Waals surface area contributed by atoms with Gasteiger partial charge < -0.3 is 42.3 Å². The number of benzene rings is 1. The highest BCUT2D eigenvalue weighted by Gasteiger charge is 2.53. The summed E-state index contributed by atoms with van der Waals surface area (Å²) in [6.45, 7) is 7.53. The Morgan fingerprint density at radius 3 is 2.12 bits per heavy atom. The maximum absolute atomic E-state index is 13.0. The van der Waals surface area contributed by atoms with Gasteiger partial charge in [0.1, 0.15) is 30.1 Å². The zero-order valence-corrected chi connectivity index (χ0v) is 23.7. The van der Waals surface area contributed by atoms with Gasteiger partial charge in [0.2, 0.25) is 12.4 Å². The molecule has 1 aliphatic heterocycles. The fraction of sp³-hybridized carbons (Fsp3) is 0.464. The summed E-state index contributed by atoms with van der Waals surface area (Å²) in [5.41, 5.74) is -0.928. The van der Waals surface area contributed by atoms with Crippen LogP contribution in [0.15, 0.2) is 27.4 Å². The minimum Gasteiger partial charge on any atom is -0.494 e. The lowest BCUT2D eigenvalue weighted by Crippen LogP contribution is -2.63. The van der Waals surface area contributed by atoms with Crippen LogP contribution in [-0.4, -0.2) is 67.8 Å². The lowest BCUT2D eigenvalue weighted by atomic mass is 9.98.